The molecule has 0 atom stereocenters. The fourth-order valence-electron chi connectivity index (χ4n) is 2.99. The Morgan fingerprint density at radius 1 is 1.21 bits per heavy atom. The van der Waals surface area contributed by atoms with Crippen LogP contribution in [0, 0.1) is 6.92 Å². The lowest BCUT2D eigenvalue weighted by molar-refractivity contribution is 0.394. The van der Waals surface area contributed by atoms with Crippen molar-refractivity contribution in [2.45, 2.75) is 50.0 Å². The molecule has 1 aliphatic rings. The van der Waals surface area contributed by atoms with Crippen molar-refractivity contribution >= 4 is 15.7 Å². The lowest BCUT2D eigenvalue weighted by Crippen LogP contribution is -2.23. The molecule has 3 rings (SSSR count). The van der Waals surface area contributed by atoms with Gasteiger partial charge in [-0.15, -0.1) is 0 Å². The van der Waals surface area contributed by atoms with Crippen molar-refractivity contribution in [3.05, 3.63) is 24.1 Å². The first-order chi connectivity index (χ1) is 11.5. The van der Waals surface area contributed by atoms with E-state index in [1.165, 1.54) is 26.3 Å². The van der Waals surface area contributed by atoms with Gasteiger partial charge >= 0.3 is 0 Å². The van der Waals surface area contributed by atoms with Crippen LogP contribution in [0.1, 0.15) is 38.0 Å². The summed E-state index contributed by atoms with van der Waals surface area (Å²) in [5, 5.41) is 7.46. The van der Waals surface area contributed by atoms with Crippen molar-refractivity contribution in [1.82, 2.24) is 14.9 Å². The number of nitrogens with one attached hydrogen (secondary N) is 2. The third-order valence-corrected chi connectivity index (χ3v) is 5.72. The van der Waals surface area contributed by atoms with Gasteiger partial charge in [-0.3, -0.25) is 0 Å². The summed E-state index contributed by atoms with van der Waals surface area (Å²) in [4.78, 5) is 4.43. The van der Waals surface area contributed by atoms with Crippen molar-refractivity contribution in [1.29, 1.82) is 0 Å². The Bertz CT molecular complexity index is 810. The molecule has 0 radical (unpaired) electrons. The quantitative estimate of drug-likeness (QED) is 0.860. The standard InChI is InChI=1S/C16H22N4O3S/c1-11-18-16(20-23-11)14-10-13(24(21,22)17-2)8-9-15(14)19-12-6-4-3-5-7-12/h8-10,12,17,19H,3-7H2,1-2H3. The number of anilines is 1. The largest absolute Gasteiger partial charge is 0.382 e. The van der Waals surface area contributed by atoms with Gasteiger partial charge in [-0.05, 0) is 38.1 Å². The summed E-state index contributed by atoms with van der Waals surface area (Å²) in [5.74, 6) is 0.828. The minimum absolute atomic E-state index is 0.177. The zero-order chi connectivity index (χ0) is 17.2. The van der Waals surface area contributed by atoms with E-state index in [1.807, 2.05) is 0 Å². The molecule has 24 heavy (non-hydrogen) atoms. The molecule has 0 unspecified atom stereocenters. The monoisotopic (exact) mass is 350 g/mol. The zero-order valence-corrected chi connectivity index (χ0v) is 14.7. The molecule has 7 nitrogen and oxygen atoms in total. The maximum atomic E-state index is 12.1. The van der Waals surface area contributed by atoms with Gasteiger partial charge in [0.1, 0.15) is 0 Å². The van der Waals surface area contributed by atoms with Crippen molar-refractivity contribution in [3.8, 4) is 11.4 Å². The lowest BCUT2D eigenvalue weighted by Gasteiger charge is -2.25. The van der Waals surface area contributed by atoms with E-state index in [0.29, 0.717) is 23.3 Å². The Morgan fingerprint density at radius 3 is 2.58 bits per heavy atom. The molecular weight excluding hydrogens is 328 g/mol. The van der Waals surface area contributed by atoms with E-state index in [0.717, 1.165) is 18.5 Å². The second-order valence-corrected chi connectivity index (χ2v) is 7.92. The van der Waals surface area contributed by atoms with E-state index in [4.69, 9.17) is 4.52 Å². The number of aromatic nitrogens is 2. The fraction of sp³-hybridized carbons (Fsp3) is 0.500. The van der Waals surface area contributed by atoms with E-state index in [9.17, 15) is 8.42 Å². The highest BCUT2D eigenvalue weighted by molar-refractivity contribution is 7.89. The van der Waals surface area contributed by atoms with Crippen LogP contribution in [0.5, 0.6) is 0 Å². The van der Waals surface area contributed by atoms with Gasteiger partial charge in [0.2, 0.25) is 21.7 Å². The molecular formula is C16H22N4O3S. The number of benzene rings is 1. The van der Waals surface area contributed by atoms with Crippen molar-refractivity contribution in [3.63, 3.8) is 0 Å². The van der Waals surface area contributed by atoms with Crippen molar-refractivity contribution in [2.24, 2.45) is 0 Å². The maximum absolute atomic E-state index is 12.1. The van der Waals surface area contributed by atoms with Crippen LogP contribution in [0.15, 0.2) is 27.6 Å². The molecule has 1 heterocycles. The first kappa shape index (κ1) is 16.9. The summed E-state index contributed by atoms with van der Waals surface area (Å²) >= 11 is 0. The summed E-state index contributed by atoms with van der Waals surface area (Å²) in [6.45, 7) is 1.71. The van der Waals surface area contributed by atoms with Crippen molar-refractivity contribution in [2.75, 3.05) is 12.4 Å². The molecule has 0 saturated heterocycles. The number of nitrogens with zero attached hydrogens (tertiary/aromatic N) is 2. The van der Waals surface area contributed by atoms with Crippen molar-refractivity contribution < 1.29 is 12.9 Å². The van der Waals surface area contributed by atoms with E-state index in [-0.39, 0.29) is 4.90 Å². The highest BCUT2D eigenvalue weighted by Gasteiger charge is 2.20. The summed E-state index contributed by atoms with van der Waals surface area (Å²) in [5.41, 5.74) is 1.46. The SMILES string of the molecule is CNS(=O)(=O)c1ccc(NC2CCCCC2)c(-c2noc(C)n2)c1. The van der Waals surface area contributed by atoms with E-state index < -0.39 is 10.0 Å². The smallest absolute Gasteiger partial charge is 0.240 e. The highest BCUT2D eigenvalue weighted by atomic mass is 32.2. The summed E-state index contributed by atoms with van der Waals surface area (Å²) < 4.78 is 31.6. The molecule has 0 aliphatic heterocycles. The van der Waals surface area contributed by atoms with Crippen LogP contribution in [0.25, 0.3) is 11.4 Å². The Morgan fingerprint density at radius 2 is 1.96 bits per heavy atom. The van der Waals surface area contributed by atoms with Crippen LogP contribution in [0.4, 0.5) is 5.69 Å². The number of aryl methyl sites for hydroxylation is 1. The Balaban J connectivity index is 2.00. The molecule has 1 fully saturated rings. The van der Waals surface area contributed by atoms with E-state index >= 15 is 0 Å². The molecule has 1 saturated carbocycles. The van der Waals surface area contributed by atoms with Crippen LogP contribution in [-0.4, -0.2) is 31.6 Å². The Kier molecular flexibility index (Phi) is 4.86. The third kappa shape index (κ3) is 3.59. The molecule has 0 amide bonds. The second kappa shape index (κ2) is 6.90. The van der Waals surface area contributed by atoms with Gasteiger partial charge in [0.25, 0.3) is 0 Å². The van der Waals surface area contributed by atoms with Gasteiger partial charge in [-0.25, -0.2) is 13.1 Å². The minimum Gasteiger partial charge on any atom is -0.382 e. The molecule has 130 valence electrons. The number of hydrogen-bond acceptors (Lipinski definition) is 6. The lowest BCUT2D eigenvalue weighted by atomic mass is 9.95. The minimum atomic E-state index is -3.54. The van der Waals surface area contributed by atoms with E-state index in [2.05, 4.69) is 20.2 Å². The summed E-state index contributed by atoms with van der Waals surface area (Å²) in [6.07, 6.45) is 5.91. The molecule has 8 heteroatoms. The Hall–Kier alpha value is -1.93. The molecule has 0 bridgehead atoms. The zero-order valence-electron chi connectivity index (χ0n) is 13.9. The fourth-order valence-corrected chi connectivity index (χ4v) is 3.75. The average Bonchev–Trinajstić information content (AvgIpc) is 3.02. The van der Waals surface area contributed by atoms with Gasteiger partial charge in [-0.1, -0.05) is 24.4 Å². The van der Waals surface area contributed by atoms with Crippen LogP contribution in [-0.2, 0) is 10.0 Å². The topological polar surface area (TPSA) is 97.1 Å². The number of sulfonamides is 1. The van der Waals surface area contributed by atoms with Gasteiger partial charge in [0.15, 0.2) is 0 Å². The van der Waals surface area contributed by atoms with Gasteiger partial charge in [0.05, 0.1) is 4.90 Å². The number of hydrogen-bond donors (Lipinski definition) is 2. The van der Waals surface area contributed by atoms with E-state index in [1.54, 1.807) is 25.1 Å². The maximum Gasteiger partial charge on any atom is 0.240 e. The first-order valence-corrected chi connectivity index (χ1v) is 9.63. The van der Waals surface area contributed by atoms with Crippen LogP contribution in [0.2, 0.25) is 0 Å². The molecule has 1 aromatic carbocycles. The second-order valence-electron chi connectivity index (χ2n) is 6.03. The highest BCUT2D eigenvalue weighted by Crippen LogP contribution is 2.31. The normalized spacial score (nSPS) is 16.2. The average molecular weight is 350 g/mol. The van der Waals surface area contributed by atoms with Crippen LogP contribution >= 0.6 is 0 Å². The predicted molar refractivity (Wildman–Crippen MR) is 91.2 cm³/mol. The molecule has 1 aliphatic carbocycles. The number of rotatable bonds is 5. The van der Waals surface area contributed by atoms with Gasteiger partial charge < -0.3 is 9.84 Å². The first-order valence-electron chi connectivity index (χ1n) is 8.14. The molecule has 1 aromatic heterocycles. The molecule has 2 aromatic rings. The summed E-state index contributed by atoms with van der Waals surface area (Å²) in [7, 11) is -2.15. The van der Waals surface area contributed by atoms with Crippen LogP contribution < -0.4 is 10.0 Å². The van der Waals surface area contributed by atoms with Gasteiger partial charge in [-0.2, -0.15) is 4.98 Å². The summed E-state index contributed by atoms with van der Waals surface area (Å²) in [6, 6.07) is 5.34. The van der Waals surface area contributed by atoms with Gasteiger partial charge in [0, 0.05) is 24.2 Å². The predicted octanol–water partition coefficient (Wildman–Crippen LogP) is 2.70. The third-order valence-electron chi connectivity index (χ3n) is 4.30. The molecule has 2 N–H and O–H groups in total. The molecule has 0 spiro atoms. The van der Waals surface area contributed by atoms with Crippen LogP contribution in [0.3, 0.4) is 0 Å². The Labute approximate surface area is 141 Å².